The fourth-order valence-corrected chi connectivity index (χ4v) is 4.56. The van der Waals surface area contributed by atoms with E-state index in [0.29, 0.717) is 30.7 Å². The third-order valence-electron chi connectivity index (χ3n) is 6.27. The molecule has 1 unspecified atom stereocenters. The zero-order valence-electron chi connectivity index (χ0n) is 19.5. The highest BCUT2D eigenvalue weighted by Crippen LogP contribution is 2.42. The molecule has 0 bridgehead atoms. The number of hydrogen-bond acceptors (Lipinski definition) is 7. The van der Waals surface area contributed by atoms with E-state index in [4.69, 9.17) is 9.84 Å². The molecule has 33 heavy (non-hydrogen) atoms. The molecule has 2 aromatic rings. The Labute approximate surface area is 191 Å². The van der Waals surface area contributed by atoms with E-state index in [0.717, 1.165) is 20.4 Å². The molecular weight excluding hydrogens is 424 g/mol. The maximum absolute atomic E-state index is 12.9. The number of carbonyl (C=O) groups excluding carboxylic acids is 1. The van der Waals surface area contributed by atoms with Gasteiger partial charge in [0.15, 0.2) is 5.78 Å². The van der Waals surface area contributed by atoms with Crippen molar-refractivity contribution >= 4 is 11.5 Å². The van der Waals surface area contributed by atoms with Gasteiger partial charge in [0.05, 0.1) is 18.9 Å². The molecular formula is C24H28N4O5. The Bertz CT molecular complexity index is 1300. The Kier molecular flexibility index (Phi) is 5.51. The lowest BCUT2D eigenvalue weighted by molar-refractivity contribution is -0.117. The standard InChI is InChI=1S/C24H28N4O5/c1-24(2)12-15(10-16(29)13-24)28-19(14-6-8-17(33-5)9-7-14)11-18(25-28)20-21(30)26(3)23(32)27(4)22(20)31/h6-10,19,30H,11-13H2,1-5H3. The number of aromatic hydroxyl groups is 1. The van der Waals surface area contributed by atoms with Crippen molar-refractivity contribution in [2.45, 2.75) is 39.2 Å². The summed E-state index contributed by atoms with van der Waals surface area (Å²) in [5.41, 5.74) is 0.577. The number of carbonyl (C=O) groups is 1. The Morgan fingerprint density at radius 3 is 2.33 bits per heavy atom. The van der Waals surface area contributed by atoms with Crippen LogP contribution in [0.4, 0.5) is 0 Å². The molecule has 9 nitrogen and oxygen atoms in total. The van der Waals surface area contributed by atoms with Crippen molar-refractivity contribution in [1.82, 2.24) is 14.1 Å². The van der Waals surface area contributed by atoms with Gasteiger partial charge in [0, 0.05) is 38.7 Å². The minimum absolute atomic E-state index is 0.0115. The summed E-state index contributed by atoms with van der Waals surface area (Å²) < 4.78 is 7.25. The minimum Gasteiger partial charge on any atom is -0.497 e. The number of hydrazone groups is 1. The zero-order valence-corrected chi connectivity index (χ0v) is 19.5. The summed E-state index contributed by atoms with van der Waals surface area (Å²) in [4.78, 5) is 37.6. The molecule has 174 valence electrons. The van der Waals surface area contributed by atoms with Gasteiger partial charge in [-0.15, -0.1) is 0 Å². The lowest BCUT2D eigenvalue weighted by Gasteiger charge is -2.34. The van der Waals surface area contributed by atoms with Gasteiger partial charge in [-0.05, 0) is 29.5 Å². The van der Waals surface area contributed by atoms with Crippen LogP contribution in [0.1, 0.15) is 50.3 Å². The van der Waals surface area contributed by atoms with Crippen LogP contribution in [0, 0.1) is 5.41 Å². The number of methoxy groups -OCH3 is 1. The van der Waals surface area contributed by atoms with E-state index in [9.17, 15) is 19.5 Å². The molecule has 9 heteroatoms. The van der Waals surface area contributed by atoms with Crippen LogP contribution in [0.5, 0.6) is 11.6 Å². The van der Waals surface area contributed by atoms with Crippen molar-refractivity contribution in [3.63, 3.8) is 0 Å². The lowest BCUT2D eigenvalue weighted by Crippen LogP contribution is -2.39. The quantitative estimate of drug-likeness (QED) is 0.763. The van der Waals surface area contributed by atoms with Crippen molar-refractivity contribution < 1.29 is 14.6 Å². The number of ketones is 1. The summed E-state index contributed by atoms with van der Waals surface area (Å²) >= 11 is 0. The van der Waals surface area contributed by atoms with Crippen LogP contribution in [0.2, 0.25) is 0 Å². The highest BCUT2D eigenvalue weighted by Gasteiger charge is 2.38. The van der Waals surface area contributed by atoms with E-state index >= 15 is 0 Å². The van der Waals surface area contributed by atoms with Crippen LogP contribution in [0.3, 0.4) is 0 Å². The first kappa shape index (κ1) is 22.6. The molecule has 1 aliphatic heterocycles. The third-order valence-corrected chi connectivity index (χ3v) is 6.27. The number of rotatable bonds is 4. The van der Waals surface area contributed by atoms with E-state index < -0.39 is 17.1 Å². The third kappa shape index (κ3) is 3.99. The number of aromatic nitrogens is 2. The topological polar surface area (TPSA) is 106 Å². The second-order valence-electron chi connectivity index (χ2n) is 9.41. The first-order valence-electron chi connectivity index (χ1n) is 10.8. The summed E-state index contributed by atoms with van der Waals surface area (Å²) in [6, 6.07) is 7.24. The maximum Gasteiger partial charge on any atom is 0.333 e. The molecule has 1 atom stereocenters. The zero-order chi connectivity index (χ0) is 24.1. The van der Waals surface area contributed by atoms with Crippen molar-refractivity contribution in [2.75, 3.05) is 7.11 Å². The van der Waals surface area contributed by atoms with E-state index in [1.165, 1.54) is 14.1 Å². The van der Waals surface area contributed by atoms with Crippen molar-refractivity contribution in [3.8, 4) is 11.6 Å². The molecule has 4 rings (SSSR count). The molecule has 1 N–H and O–H groups in total. The Morgan fingerprint density at radius 2 is 1.73 bits per heavy atom. The molecule has 2 heterocycles. The molecule has 0 saturated carbocycles. The highest BCUT2D eigenvalue weighted by molar-refractivity contribution is 6.03. The summed E-state index contributed by atoms with van der Waals surface area (Å²) in [6.07, 6.45) is 3.03. The number of hydrogen-bond donors (Lipinski definition) is 1. The van der Waals surface area contributed by atoms with E-state index in [-0.39, 0.29) is 22.8 Å². The maximum atomic E-state index is 12.9. The number of nitrogens with zero attached hydrogens (tertiary/aromatic N) is 4. The Hall–Kier alpha value is -3.62. The normalized spacial score (nSPS) is 20.0. The van der Waals surface area contributed by atoms with Gasteiger partial charge in [-0.3, -0.25) is 23.7 Å². The molecule has 2 aliphatic rings. The van der Waals surface area contributed by atoms with Gasteiger partial charge < -0.3 is 9.84 Å². The van der Waals surface area contributed by atoms with Crippen LogP contribution in [-0.2, 0) is 18.9 Å². The average molecular weight is 453 g/mol. The van der Waals surface area contributed by atoms with E-state index in [1.54, 1.807) is 18.2 Å². The summed E-state index contributed by atoms with van der Waals surface area (Å²) in [5.74, 6) is 0.313. The summed E-state index contributed by atoms with van der Waals surface area (Å²) in [6.45, 7) is 4.07. The molecule has 1 aromatic carbocycles. The number of ether oxygens (including phenoxy) is 1. The Balaban J connectivity index is 1.86. The number of allylic oxidation sites excluding steroid dienone is 2. The van der Waals surface area contributed by atoms with E-state index in [2.05, 4.69) is 0 Å². The number of benzene rings is 1. The first-order valence-corrected chi connectivity index (χ1v) is 10.8. The van der Waals surface area contributed by atoms with Gasteiger partial charge in [0.1, 0.15) is 11.3 Å². The van der Waals surface area contributed by atoms with Gasteiger partial charge >= 0.3 is 5.69 Å². The smallest absolute Gasteiger partial charge is 0.333 e. The fraction of sp³-hybridized carbons (Fsp3) is 0.417. The molecule has 0 spiro atoms. The predicted octanol–water partition coefficient (Wildman–Crippen LogP) is 2.22. The second-order valence-corrected chi connectivity index (χ2v) is 9.41. The second kappa shape index (κ2) is 8.06. The van der Waals surface area contributed by atoms with Gasteiger partial charge in [-0.1, -0.05) is 26.0 Å². The first-order chi connectivity index (χ1) is 15.5. The molecule has 1 aromatic heterocycles. The molecule has 0 saturated heterocycles. The highest BCUT2D eigenvalue weighted by atomic mass is 16.5. The van der Waals surface area contributed by atoms with Gasteiger partial charge in [0.2, 0.25) is 5.88 Å². The SMILES string of the molecule is COc1ccc(C2CC(c3c(O)n(C)c(=O)n(C)c3=O)=NN2C2=CC(=O)CC(C)(C)C2)cc1. The van der Waals surface area contributed by atoms with Crippen molar-refractivity contribution in [3.05, 3.63) is 68.0 Å². The van der Waals surface area contributed by atoms with Crippen molar-refractivity contribution in [1.29, 1.82) is 0 Å². The van der Waals surface area contributed by atoms with Crippen molar-refractivity contribution in [2.24, 2.45) is 24.6 Å². The predicted molar refractivity (Wildman–Crippen MR) is 123 cm³/mol. The molecule has 1 aliphatic carbocycles. The van der Waals surface area contributed by atoms with Crippen LogP contribution < -0.4 is 16.0 Å². The van der Waals surface area contributed by atoms with Crippen LogP contribution in [0.25, 0.3) is 0 Å². The van der Waals surface area contributed by atoms with Gasteiger partial charge in [-0.25, -0.2) is 4.79 Å². The minimum atomic E-state index is -0.620. The van der Waals surface area contributed by atoms with E-state index in [1.807, 2.05) is 38.1 Å². The van der Waals surface area contributed by atoms with Crippen LogP contribution in [-0.4, -0.2) is 37.9 Å². The monoisotopic (exact) mass is 452 g/mol. The van der Waals surface area contributed by atoms with Gasteiger partial charge in [0.25, 0.3) is 5.56 Å². The molecule has 0 fully saturated rings. The van der Waals surface area contributed by atoms with Crippen LogP contribution in [0.15, 0.2) is 50.7 Å². The molecule has 0 radical (unpaired) electrons. The Morgan fingerprint density at radius 1 is 1.06 bits per heavy atom. The average Bonchev–Trinajstić information content (AvgIpc) is 3.20. The summed E-state index contributed by atoms with van der Waals surface area (Å²) in [7, 11) is 4.36. The fourth-order valence-electron chi connectivity index (χ4n) is 4.56. The van der Waals surface area contributed by atoms with Gasteiger partial charge in [-0.2, -0.15) is 5.10 Å². The summed E-state index contributed by atoms with van der Waals surface area (Å²) in [5, 5.41) is 17.2. The molecule has 0 amide bonds. The van der Waals surface area contributed by atoms with Crippen LogP contribution >= 0.6 is 0 Å². The largest absolute Gasteiger partial charge is 0.497 e. The lowest BCUT2D eigenvalue weighted by atomic mass is 9.78.